The highest BCUT2D eigenvalue weighted by Crippen LogP contribution is 2.23. The van der Waals surface area contributed by atoms with E-state index in [1.807, 2.05) is 30.3 Å². The van der Waals surface area contributed by atoms with Gasteiger partial charge >= 0.3 is 0 Å². The number of benzene rings is 2. The first-order chi connectivity index (χ1) is 18.5. The van der Waals surface area contributed by atoms with Crippen molar-refractivity contribution in [3.63, 3.8) is 0 Å². The smallest absolute Gasteiger partial charge is 0.251 e. The van der Waals surface area contributed by atoms with Gasteiger partial charge in [0, 0.05) is 41.1 Å². The quantitative estimate of drug-likeness (QED) is 0.266. The molecule has 0 bridgehead atoms. The fraction of sp³-hybridized carbons (Fsp3) is 0.207. The highest BCUT2D eigenvalue weighted by atomic mass is 35.5. The number of rotatable bonds is 8. The minimum atomic E-state index is -0.439. The molecule has 2 aromatic carbocycles. The molecule has 192 valence electrons. The second-order valence-electron chi connectivity index (χ2n) is 9.18. The maximum absolute atomic E-state index is 14.1. The summed E-state index contributed by atoms with van der Waals surface area (Å²) in [6, 6.07) is 21.1. The molecular formula is C29H24ClFN4O3. The average molecular weight is 531 g/mol. The molecule has 1 fully saturated rings. The van der Waals surface area contributed by atoms with Gasteiger partial charge in [-0.25, -0.2) is 14.4 Å². The van der Waals surface area contributed by atoms with Crippen LogP contribution in [0.4, 0.5) is 4.39 Å². The largest absolute Gasteiger partial charge is 0.473 e. The Balaban J connectivity index is 1.22. The molecule has 3 aromatic heterocycles. The number of imidazole rings is 1. The van der Waals surface area contributed by atoms with Gasteiger partial charge in [0.1, 0.15) is 18.2 Å². The molecule has 0 unspecified atom stereocenters. The third kappa shape index (κ3) is 5.05. The van der Waals surface area contributed by atoms with Gasteiger partial charge in [0.2, 0.25) is 5.88 Å². The number of fused-ring (bicyclic) bond motifs is 1. The Bertz CT molecular complexity index is 1680. The maximum atomic E-state index is 14.1. The molecule has 6 rings (SSSR count). The lowest BCUT2D eigenvalue weighted by Crippen LogP contribution is -2.32. The molecule has 38 heavy (non-hydrogen) atoms. The Morgan fingerprint density at radius 2 is 1.92 bits per heavy atom. The molecule has 0 saturated carbocycles. The van der Waals surface area contributed by atoms with Crippen LogP contribution in [-0.2, 0) is 24.4 Å². The highest BCUT2D eigenvalue weighted by molar-refractivity contribution is 6.30. The third-order valence-corrected chi connectivity index (χ3v) is 6.87. The van der Waals surface area contributed by atoms with Gasteiger partial charge in [0.25, 0.3) is 5.56 Å². The summed E-state index contributed by atoms with van der Waals surface area (Å²) in [5, 5.41) is 0.325. The predicted molar refractivity (Wildman–Crippen MR) is 143 cm³/mol. The van der Waals surface area contributed by atoms with Crippen LogP contribution in [0.15, 0.2) is 83.8 Å². The van der Waals surface area contributed by atoms with E-state index in [-0.39, 0.29) is 18.3 Å². The summed E-state index contributed by atoms with van der Waals surface area (Å²) in [6.07, 6.45) is 2.94. The minimum absolute atomic E-state index is 0.00789. The molecule has 0 amide bonds. The van der Waals surface area contributed by atoms with E-state index >= 15 is 0 Å². The number of pyridine rings is 2. The first-order valence-electron chi connectivity index (χ1n) is 12.3. The van der Waals surface area contributed by atoms with E-state index in [4.69, 9.17) is 26.1 Å². The molecule has 0 radical (unpaired) electrons. The zero-order chi connectivity index (χ0) is 26.1. The number of nitrogens with zero attached hydrogens (tertiary/aromatic N) is 4. The lowest BCUT2D eigenvalue weighted by molar-refractivity contribution is -0.0590. The Labute approximate surface area is 223 Å². The topological polar surface area (TPSA) is 71.2 Å². The van der Waals surface area contributed by atoms with Crippen LogP contribution in [-0.4, -0.2) is 31.8 Å². The first-order valence-corrected chi connectivity index (χ1v) is 12.7. The van der Waals surface area contributed by atoms with Crippen molar-refractivity contribution in [2.45, 2.75) is 32.2 Å². The Morgan fingerprint density at radius 3 is 2.71 bits per heavy atom. The summed E-state index contributed by atoms with van der Waals surface area (Å²) in [7, 11) is 0. The van der Waals surface area contributed by atoms with Crippen molar-refractivity contribution in [3.8, 4) is 17.1 Å². The van der Waals surface area contributed by atoms with Gasteiger partial charge < -0.3 is 18.6 Å². The fourth-order valence-electron chi connectivity index (χ4n) is 4.48. The fourth-order valence-corrected chi connectivity index (χ4v) is 4.64. The molecule has 9 heteroatoms. The van der Waals surface area contributed by atoms with Gasteiger partial charge in [-0.3, -0.25) is 4.79 Å². The molecule has 1 aliphatic rings. The number of hydrogen-bond donors (Lipinski definition) is 0. The second-order valence-corrected chi connectivity index (χ2v) is 9.61. The third-order valence-electron chi connectivity index (χ3n) is 6.63. The van der Waals surface area contributed by atoms with Crippen LogP contribution in [0.5, 0.6) is 5.88 Å². The van der Waals surface area contributed by atoms with Gasteiger partial charge in [-0.05, 0) is 42.8 Å². The Morgan fingerprint density at radius 1 is 1.05 bits per heavy atom. The Hall–Kier alpha value is -4.01. The summed E-state index contributed by atoms with van der Waals surface area (Å²) >= 11 is 5.82. The minimum Gasteiger partial charge on any atom is -0.473 e. The van der Waals surface area contributed by atoms with Crippen LogP contribution in [0.2, 0.25) is 5.02 Å². The van der Waals surface area contributed by atoms with E-state index in [0.29, 0.717) is 40.8 Å². The van der Waals surface area contributed by atoms with Crippen molar-refractivity contribution >= 4 is 22.6 Å². The maximum Gasteiger partial charge on any atom is 0.251 e. The molecule has 7 nitrogen and oxygen atoms in total. The SMILES string of the molecule is O=c1cc(-c2cccc(OCc3ccc(Cl)cc3F)n2)ccn1Cc1nc2ccccc2n1C[C@@H]1CCO1. The molecule has 4 heterocycles. The number of aromatic nitrogens is 4. The van der Waals surface area contributed by atoms with E-state index in [9.17, 15) is 9.18 Å². The lowest BCUT2D eigenvalue weighted by atomic mass is 10.2. The monoisotopic (exact) mass is 530 g/mol. The van der Waals surface area contributed by atoms with Gasteiger partial charge in [-0.2, -0.15) is 0 Å². The molecule has 0 spiro atoms. The van der Waals surface area contributed by atoms with Crippen molar-refractivity contribution in [3.05, 3.63) is 112 Å². The highest BCUT2D eigenvalue weighted by Gasteiger charge is 2.22. The summed E-state index contributed by atoms with van der Waals surface area (Å²) in [4.78, 5) is 22.4. The molecule has 1 aliphatic heterocycles. The van der Waals surface area contributed by atoms with Crippen LogP contribution in [0.3, 0.4) is 0 Å². The normalized spacial score (nSPS) is 14.9. The lowest BCUT2D eigenvalue weighted by Gasteiger charge is -2.27. The summed E-state index contributed by atoms with van der Waals surface area (Å²) < 4.78 is 29.2. The van der Waals surface area contributed by atoms with E-state index in [1.54, 1.807) is 47.2 Å². The summed E-state index contributed by atoms with van der Waals surface area (Å²) in [5.74, 6) is 0.693. The molecular weight excluding hydrogens is 507 g/mol. The van der Waals surface area contributed by atoms with Crippen LogP contribution in [0.1, 0.15) is 17.8 Å². The number of hydrogen-bond acceptors (Lipinski definition) is 5. The first kappa shape index (κ1) is 24.3. The zero-order valence-electron chi connectivity index (χ0n) is 20.4. The van der Waals surface area contributed by atoms with Crippen molar-refractivity contribution < 1.29 is 13.9 Å². The van der Waals surface area contributed by atoms with Crippen molar-refractivity contribution in [1.82, 2.24) is 19.1 Å². The summed E-state index contributed by atoms with van der Waals surface area (Å²) in [6.45, 7) is 1.84. The average Bonchev–Trinajstić information content (AvgIpc) is 3.24. The van der Waals surface area contributed by atoms with Crippen molar-refractivity contribution in [2.75, 3.05) is 6.61 Å². The van der Waals surface area contributed by atoms with Crippen molar-refractivity contribution in [1.29, 1.82) is 0 Å². The standard InChI is InChI=1S/C29H24ClFN4O3/c30-21-9-8-20(23(31)15-21)18-38-28-7-3-5-24(33-28)19-10-12-34(29(36)14-19)17-27-32-25-4-1-2-6-26(25)35(27)16-22-11-13-37-22/h1-10,12,14-15,22H,11,13,16-18H2/t22-/m0/s1. The molecule has 5 aromatic rings. The van der Waals surface area contributed by atoms with Gasteiger partial charge in [0.05, 0.1) is 35.9 Å². The van der Waals surface area contributed by atoms with E-state index in [1.165, 1.54) is 6.07 Å². The number of ether oxygens (including phenoxy) is 2. The number of halogens is 2. The van der Waals surface area contributed by atoms with Gasteiger partial charge in [-0.15, -0.1) is 0 Å². The molecule has 1 saturated heterocycles. The summed E-state index contributed by atoms with van der Waals surface area (Å²) in [5.41, 5.74) is 3.37. The number of para-hydroxylation sites is 2. The van der Waals surface area contributed by atoms with Crippen LogP contribution in [0.25, 0.3) is 22.3 Å². The molecule has 1 atom stereocenters. The van der Waals surface area contributed by atoms with E-state index in [2.05, 4.69) is 9.55 Å². The van der Waals surface area contributed by atoms with Gasteiger partial charge in [-0.1, -0.05) is 35.9 Å². The second kappa shape index (κ2) is 10.4. The van der Waals surface area contributed by atoms with E-state index in [0.717, 1.165) is 29.9 Å². The molecule has 0 aliphatic carbocycles. The van der Waals surface area contributed by atoms with Gasteiger partial charge in [0.15, 0.2) is 0 Å². The van der Waals surface area contributed by atoms with Crippen LogP contribution < -0.4 is 10.3 Å². The Kier molecular flexibility index (Phi) is 6.66. The molecule has 0 N–H and O–H groups in total. The van der Waals surface area contributed by atoms with Crippen LogP contribution >= 0.6 is 11.6 Å². The van der Waals surface area contributed by atoms with Crippen LogP contribution in [0, 0.1) is 5.82 Å². The van der Waals surface area contributed by atoms with E-state index < -0.39 is 5.82 Å². The van der Waals surface area contributed by atoms with Crippen molar-refractivity contribution in [2.24, 2.45) is 0 Å². The zero-order valence-corrected chi connectivity index (χ0v) is 21.1. The predicted octanol–water partition coefficient (Wildman–Crippen LogP) is 5.47.